The van der Waals surface area contributed by atoms with Gasteiger partial charge in [0.15, 0.2) is 0 Å². The van der Waals surface area contributed by atoms with Crippen molar-refractivity contribution in [2.45, 2.75) is 0 Å². The molecule has 2 aliphatic rings. The van der Waals surface area contributed by atoms with Crippen LogP contribution in [0.15, 0.2) is 24.3 Å². The number of carbonyl (C=O) groups is 4. The van der Waals surface area contributed by atoms with E-state index in [0.717, 1.165) is 0 Å². The predicted molar refractivity (Wildman–Crippen MR) is 127 cm³/mol. The van der Waals surface area contributed by atoms with Gasteiger partial charge in [0.05, 0.1) is 44.8 Å². The Labute approximate surface area is 215 Å². The monoisotopic (exact) mass is 545 g/mol. The quantitative estimate of drug-likeness (QED) is 0.194. The Morgan fingerprint density at radius 2 is 0.703 bits per heavy atom. The SMILES string of the molecule is O=C(O)c1c2nc(c(C(=O)O)c3ccc([nH]3)c(C(=O)O)c3nc(c(C(=O)O)c4ccc1[nH]4)C=C3)C=C2.[Co]. The third kappa shape index (κ3) is 4.17. The van der Waals surface area contributed by atoms with Gasteiger partial charge in [-0.1, -0.05) is 0 Å². The summed E-state index contributed by atoms with van der Waals surface area (Å²) in [5, 5.41) is 39.5. The van der Waals surface area contributed by atoms with Crippen LogP contribution in [0.5, 0.6) is 0 Å². The van der Waals surface area contributed by atoms with Gasteiger partial charge in [0, 0.05) is 16.8 Å². The first-order valence-corrected chi connectivity index (χ1v) is 10.2. The van der Waals surface area contributed by atoms with Crippen molar-refractivity contribution < 1.29 is 56.4 Å². The van der Waals surface area contributed by atoms with Crippen molar-refractivity contribution in [3.63, 3.8) is 0 Å². The molecule has 5 rings (SSSR count). The van der Waals surface area contributed by atoms with Gasteiger partial charge < -0.3 is 30.4 Å². The van der Waals surface area contributed by atoms with Crippen LogP contribution in [0.4, 0.5) is 0 Å². The zero-order valence-electron chi connectivity index (χ0n) is 18.3. The van der Waals surface area contributed by atoms with Crippen LogP contribution in [-0.4, -0.2) is 64.2 Å². The van der Waals surface area contributed by atoms with Crippen LogP contribution in [0.1, 0.15) is 64.2 Å². The Bertz CT molecular complexity index is 1520. The van der Waals surface area contributed by atoms with Crippen LogP contribution in [0.25, 0.3) is 46.4 Å². The van der Waals surface area contributed by atoms with Gasteiger partial charge in [0.1, 0.15) is 22.3 Å². The summed E-state index contributed by atoms with van der Waals surface area (Å²) in [6.07, 6.45) is 5.30. The zero-order valence-corrected chi connectivity index (χ0v) is 19.3. The number of rotatable bonds is 4. The average Bonchev–Trinajstić information content (AvgIpc) is 3.57. The van der Waals surface area contributed by atoms with E-state index in [-0.39, 0.29) is 83.9 Å². The smallest absolute Gasteiger partial charge is 0.340 e. The fraction of sp³-hybridized carbons (Fsp3) is 0. The van der Waals surface area contributed by atoms with E-state index in [9.17, 15) is 39.6 Å². The maximum absolute atomic E-state index is 12.1. The fourth-order valence-electron chi connectivity index (χ4n) is 4.11. The van der Waals surface area contributed by atoms with Gasteiger partial charge in [-0.3, -0.25) is 0 Å². The molecule has 0 aliphatic carbocycles. The molecule has 0 aromatic carbocycles. The van der Waals surface area contributed by atoms with E-state index in [2.05, 4.69) is 19.9 Å². The Kier molecular flexibility index (Phi) is 6.25. The van der Waals surface area contributed by atoms with Crippen LogP contribution in [-0.2, 0) is 16.8 Å². The van der Waals surface area contributed by atoms with Gasteiger partial charge in [-0.05, 0) is 48.6 Å². The van der Waals surface area contributed by atoms with E-state index in [1.807, 2.05) is 0 Å². The molecule has 0 spiro atoms. The Morgan fingerprint density at radius 3 is 0.892 bits per heavy atom. The van der Waals surface area contributed by atoms with E-state index < -0.39 is 23.9 Å². The van der Waals surface area contributed by atoms with Crippen LogP contribution in [0, 0.1) is 0 Å². The molecule has 0 atom stereocenters. The van der Waals surface area contributed by atoms with Crippen molar-refractivity contribution in [2.75, 3.05) is 0 Å². The minimum absolute atomic E-state index is 0. The molecule has 3 aromatic rings. The second-order valence-corrected chi connectivity index (χ2v) is 7.72. The molecule has 0 amide bonds. The number of aromatic amines is 2. The van der Waals surface area contributed by atoms with Gasteiger partial charge in [-0.25, -0.2) is 29.1 Å². The molecule has 13 heteroatoms. The van der Waals surface area contributed by atoms with Gasteiger partial charge in [-0.15, -0.1) is 0 Å². The second kappa shape index (κ2) is 9.22. The summed E-state index contributed by atoms with van der Waals surface area (Å²) in [5.74, 6) is -5.50. The number of hydrogen-bond donors (Lipinski definition) is 6. The standard InChI is InChI=1S/C24H14N4O8.Co/c29-21(30)17-9-1-2-10(25-9)18(22(31)32)12-5-6-14(27-12)20(24(35)36)16-8-7-15(28-16)19(23(33)34)13-4-3-11(17)26-13;/h1-8,25,28H,(H,29,30)(H,31,32)(H,33,34)(H,35,36);. The first-order valence-electron chi connectivity index (χ1n) is 10.2. The average molecular weight is 545 g/mol. The number of carboxylic acids is 4. The third-order valence-electron chi connectivity index (χ3n) is 5.61. The van der Waals surface area contributed by atoms with Crippen molar-refractivity contribution >= 4 is 70.2 Å². The number of carboxylic acid groups (broad SMARTS) is 4. The summed E-state index contributed by atoms with van der Waals surface area (Å²) in [6.45, 7) is 0. The number of nitrogens with one attached hydrogen (secondary N) is 2. The molecule has 6 N–H and O–H groups in total. The van der Waals surface area contributed by atoms with E-state index in [4.69, 9.17) is 0 Å². The van der Waals surface area contributed by atoms with Gasteiger partial charge in [0.2, 0.25) is 0 Å². The molecule has 8 bridgehead atoms. The maximum Gasteiger partial charge on any atom is 0.340 e. The zero-order chi connectivity index (χ0) is 25.7. The minimum atomic E-state index is -1.38. The first-order chi connectivity index (χ1) is 17.2. The number of H-pyrrole nitrogens is 2. The maximum atomic E-state index is 12.1. The number of aromatic nitrogens is 4. The molecular weight excluding hydrogens is 531 g/mol. The molecule has 187 valence electrons. The van der Waals surface area contributed by atoms with E-state index in [0.29, 0.717) is 0 Å². The van der Waals surface area contributed by atoms with Gasteiger partial charge in [0.25, 0.3) is 0 Å². The van der Waals surface area contributed by atoms with Crippen molar-refractivity contribution in [2.24, 2.45) is 0 Å². The number of hydrogen-bond acceptors (Lipinski definition) is 6. The van der Waals surface area contributed by atoms with Gasteiger partial charge >= 0.3 is 23.9 Å². The summed E-state index contributed by atoms with van der Waals surface area (Å²) in [7, 11) is 0. The molecule has 37 heavy (non-hydrogen) atoms. The summed E-state index contributed by atoms with van der Waals surface area (Å²) in [4.78, 5) is 62.4. The summed E-state index contributed by atoms with van der Waals surface area (Å²) < 4.78 is 0. The Hall–Kier alpha value is -5.01. The number of fused-ring (bicyclic) bond motifs is 8. The molecule has 0 saturated carbocycles. The van der Waals surface area contributed by atoms with E-state index in [1.165, 1.54) is 48.6 Å². The summed E-state index contributed by atoms with van der Waals surface area (Å²) in [6, 6.07) is 5.41. The van der Waals surface area contributed by atoms with Crippen molar-refractivity contribution in [1.29, 1.82) is 0 Å². The Morgan fingerprint density at radius 1 is 0.486 bits per heavy atom. The molecule has 5 heterocycles. The molecule has 1 radical (unpaired) electrons. The summed E-state index contributed by atoms with van der Waals surface area (Å²) >= 11 is 0. The molecule has 12 nitrogen and oxygen atoms in total. The van der Waals surface area contributed by atoms with Crippen molar-refractivity contribution in [3.05, 3.63) is 69.3 Å². The molecular formula is C24H14CoN4O8. The predicted octanol–water partition coefficient (Wildman–Crippen LogP) is 3.45. The van der Waals surface area contributed by atoms with Crippen molar-refractivity contribution in [1.82, 2.24) is 19.9 Å². The molecule has 2 aliphatic heterocycles. The van der Waals surface area contributed by atoms with Crippen LogP contribution in [0.2, 0.25) is 0 Å². The summed E-state index contributed by atoms with van der Waals surface area (Å²) in [5.41, 5.74) is -1.38. The largest absolute Gasteiger partial charge is 0.478 e. The first kappa shape index (κ1) is 25.1. The topological polar surface area (TPSA) is 207 Å². The van der Waals surface area contributed by atoms with Crippen LogP contribution in [0.3, 0.4) is 0 Å². The van der Waals surface area contributed by atoms with Gasteiger partial charge in [-0.2, -0.15) is 0 Å². The normalized spacial score (nSPS) is 11.7. The van der Waals surface area contributed by atoms with E-state index in [1.54, 1.807) is 0 Å². The second-order valence-electron chi connectivity index (χ2n) is 7.72. The Balaban J connectivity index is 0.00000320. The third-order valence-corrected chi connectivity index (χ3v) is 5.61. The van der Waals surface area contributed by atoms with Crippen molar-refractivity contribution in [3.8, 4) is 0 Å². The number of nitrogens with zero attached hydrogens (tertiary/aromatic N) is 2. The fourth-order valence-corrected chi connectivity index (χ4v) is 4.11. The molecule has 0 fully saturated rings. The number of aromatic carboxylic acids is 4. The van der Waals surface area contributed by atoms with Crippen LogP contribution < -0.4 is 0 Å². The van der Waals surface area contributed by atoms with E-state index >= 15 is 0 Å². The molecule has 0 saturated heterocycles. The molecule has 3 aromatic heterocycles. The molecule has 0 unspecified atom stereocenters. The minimum Gasteiger partial charge on any atom is -0.478 e. The van der Waals surface area contributed by atoms with Crippen LogP contribution >= 0.6 is 0 Å².